The Morgan fingerprint density at radius 3 is 2.91 bits per heavy atom. The normalized spacial score (nSPS) is 26.3. The third-order valence-corrected chi connectivity index (χ3v) is 5.91. The number of carbonyl (C=O) groups is 1. The van der Waals surface area contributed by atoms with Crippen LogP contribution >= 0.6 is 11.3 Å². The number of hydrogen-bond donors (Lipinski definition) is 1. The van der Waals surface area contributed by atoms with Gasteiger partial charge >= 0.3 is 0 Å². The predicted octanol–water partition coefficient (Wildman–Crippen LogP) is 3.16. The summed E-state index contributed by atoms with van der Waals surface area (Å²) in [6.07, 6.45) is 1.23. The molecule has 1 amide bonds. The fraction of sp³-hybridized carbons (Fsp3) is 0.389. The first-order valence-corrected chi connectivity index (χ1v) is 8.71. The van der Waals surface area contributed by atoms with E-state index in [1.54, 1.807) is 11.3 Å². The van der Waals surface area contributed by atoms with E-state index < -0.39 is 0 Å². The number of hydrogen-bond acceptors (Lipinski definition) is 3. The van der Waals surface area contributed by atoms with Gasteiger partial charge in [0.1, 0.15) is 0 Å². The monoisotopic (exact) mass is 312 g/mol. The fourth-order valence-corrected chi connectivity index (χ4v) is 4.51. The van der Waals surface area contributed by atoms with Gasteiger partial charge in [-0.25, -0.2) is 0 Å². The van der Waals surface area contributed by atoms with Crippen LogP contribution in [0.4, 0.5) is 0 Å². The van der Waals surface area contributed by atoms with E-state index in [0.29, 0.717) is 12.0 Å². The van der Waals surface area contributed by atoms with E-state index in [1.807, 2.05) is 6.07 Å². The van der Waals surface area contributed by atoms with Gasteiger partial charge in [-0.3, -0.25) is 4.79 Å². The molecule has 2 aliphatic rings. The molecule has 1 unspecified atom stereocenters. The van der Waals surface area contributed by atoms with Crippen molar-refractivity contribution in [1.29, 1.82) is 0 Å². The number of piperidine rings is 1. The first-order chi connectivity index (χ1) is 10.7. The van der Waals surface area contributed by atoms with Gasteiger partial charge in [-0.15, -0.1) is 11.3 Å². The van der Waals surface area contributed by atoms with Crippen LogP contribution in [-0.2, 0) is 0 Å². The molecule has 2 saturated heterocycles. The Balaban J connectivity index is 1.48. The molecule has 0 aliphatic carbocycles. The fourth-order valence-electron chi connectivity index (χ4n) is 3.60. The summed E-state index contributed by atoms with van der Waals surface area (Å²) in [5.41, 5.74) is 2.43. The van der Waals surface area contributed by atoms with Gasteiger partial charge in [0, 0.05) is 24.0 Å². The molecule has 0 radical (unpaired) electrons. The van der Waals surface area contributed by atoms with Crippen molar-refractivity contribution in [3.63, 3.8) is 0 Å². The van der Waals surface area contributed by atoms with Gasteiger partial charge in [0.2, 0.25) is 0 Å². The van der Waals surface area contributed by atoms with Crippen molar-refractivity contribution in [2.45, 2.75) is 19.4 Å². The van der Waals surface area contributed by atoms with Crippen molar-refractivity contribution < 1.29 is 4.79 Å². The highest BCUT2D eigenvalue weighted by atomic mass is 32.1. The second-order valence-corrected chi connectivity index (χ2v) is 7.51. The summed E-state index contributed by atoms with van der Waals surface area (Å²) in [7, 11) is 0. The summed E-state index contributed by atoms with van der Waals surface area (Å²) < 4.78 is 0. The molecule has 2 fully saturated rings. The molecule has 3 heterocycles. The minimum atomic E-state index is 0.0858. The summed E-state index contributed by atoms with van der Waals surface area (Å²) in [6.45, 7) is 5.47. The number of benzene rings is 1. The number of rotatable bonds is 3. The first-order valence-electron chi connectivity index (χ1n) is 7.89. The van der Waals surface area contributed by atoms with Gasteiger partial charge in [0.05, 0.1) is 4.88 Å². The summed E-state index contributed by atoms with van der Waals surface area (Å²) in [4.78, 5) is 16.9. The van der Waals surface area contributed by atoms with Crippen LogP contribution in [0, 0.1) is 12.8 Å². The van der Waals surface area contributed by atoms with E-state index >= 15 is 0 Å². The summed E-state index contributed by atoms with van der Waals surface area (Å²) in [5, 5.41) is 3.23. The molecule has 0 spiro atoms. The largest absolute Gasteiger partial charge is 0.347 e. The highest BCUT2D eigenvalue weighted by Gasteiger charge is 2.38. The highest BCUT2D eigenvalue weighted by molar-refractivity contribution is 7.17. The maximum Gasteiger partial charge on any atom is 0.261 e. The Morgan fingerprint density at radius 1 is 1.27 bits per heavy atom. The Bertz CT molecular complexity index is 709. The van der Waals surface area contributed by atoms with Crippen LogP contribution in [-0.4, -0.2) is 36.5 Å². The van der Waals surface area contributed by atoms with E-state index in [-0.39, 0.29) is 5.91 Å². The first kappa shape index (κ1) is 14.0. The molecule has 1 aromatic heterocycles. The number of aryl methyl sites for hydroxylation is 1. The summed E-state index contributed by atoms with van der Waals surface area (Å²) in [6, 6.07) is 12.8. The summed E-state index contributed by atoms with van der Waals surface area (Å²) in [5.74, 6) is 0.739. The zero-order valence-corrected chi connectivity index (χ0v) is 13.5. The average Bonchev–Trinajstić information content (AvgIpc) is 3.23. The maximum absolute atomic E-state index is 12.5. The topological polar surface area (TPSA) is 32.3 Å². The van der Waals surface area contributed by atoms with Crippen LogP contribution in [0.15, 0.2) is 36.4 Å². The minimum Gasteiger partial charge on any atom is -0.347 e. The summed E-state index contributed by atoms with van der Waals surface area (Å²) >= 11 is 1.58. The molecule has 3 nitrogen and oxygen atoms in total. The lowest BCUT2D eigenvalue weighted by Crippen LogP contribution is -2.42. The predicted molar refractivity (Wildman–Crippen MR) is 90.3 cm³/mol. The van der Waals surface area contributed by atoms with Crippen LogP contribution in [0.2, 0.25) is 0 Å². The van der Waals surface area contributed by atoms with Crippen LogP contribution in [0.3, 0.4) is 0 Å². The quantitative estimate of drug-likeness (QED) is 0.944. The lowest BCUT2D eigenvalue weighted by Gasteiger charge is -2.22. The number of nitrogens with zero attached hydrogens (tertiary/aromatic N) is 1. The molecule has 114 valence electrons. The molecular formula is C18H20N2OS. The van der Waals surface area contributed by atoms with Gasteiger partial charge in [0.15, 0.2) is 0 Å². The molecule has 1 N–H and O–H groups in total. The molecule has 2 bridgehead atoms. The van der Waals surface area contributed by atoms with Crippen LogP contribution in [0.25, 0.3) is 10.4 Å². The molecule has 4 rings (SSSR count). The van der Waals surface area contributed by atoms with Gasteiger partial charge in [-0.05, 0) is 43.5 Å². The average molecular weight is 312 g/mol. The lowest BCUT2D eigenvalue weighted by molar-refractivity contribution is 0.0928. The van der Waals surface area contributed by atoms with Gasteiger partial charge < -0.3 is 10.2 Å². The maximum atomic E-state index is 12.5. The van der Waals surface area contributed by atoms with Crippen molar-refractivity contribution in [3.8, 4) is 10.4 Å². The molecule has 4 heteroatoms. The Kier molecular flexibility index (Phi) is 3.51. The number of nitrogens with one attached hydrogen (secondary N) is 1. The minimum absolute atomic E-state index is 0.0858. The molecule has 0 saturated carbocycles. The van der Waals surface area contributed by atoms with E-state index in [2.05, 4.69) is 47.5 Å². The van der Waals surface area contributed by atoms with Crippen LogP contribution in [0.5, 0.6) is 0 Å². The molecule has 2 aromatic rings. The Morgan fingerprint density at radius 2 is 2.18 bits per heavy atom. The zero-order valence-electron chi connectivity index (χ0n) is 12.7. The lowest BCUT2D eigenvalue weighted by atomic mass is 10.00. The van der Waals surface area contributed by atoms with E-state index in [4.69, 9.17) is 0 Å². The third kappa shape index (κ3) is 2.57. The zero-order chi connectivity index (χ0) is 15.1. The Labute approximate surface area is 135 Å². The number of amides is 1. The van der Waals surface area contributed by atoms with Crippen molar-refractivity contribution in [2.75, 3.05) is 19.6 Å². The van der Waals surface area contributed by atoms with E-state index in [0.717, 1.165) is 22.8 Å². The highest BCUT2D eigenvalue weighted by Crippen LogP contribution is 2.30. The van der Waals surface area contributed by atoms with Gasteiger partial charge in [-0.1, -0.05) is 29.8 Å². The van der Waals surface area contributed by atoms with Crippen molar-refractivity contribution >= 4 is 17.2 Å². The van der Waals surface area contributed by atoms with Gasteiger partial charge in [-0.2, -0.15) is 0 Å². The molecular weight excluding hydrogens is 292 g/mol. The molecule has 1 aromatic carbocycles. The van der Waals surface area contributed by atoms with Crippen molar-refractivity contribution in [2.24, 2.45) is 5.92 Å². The molecule has 22 heavy (non-hydrogen) atoms. The Hall–Kier alpha value is -1.65. The second kappa shape index (κ2) is 5.52. The van der Waals surface area contributed by atoms with Gasteiger partial charge in [0.25, 0.3) is 5.91 Å². The molecule has 2 aliphatic heterocycles. The standard InChI is InChI=1S/C18H20N2OS/c1-12-3-2-4-13(9-12)16-5-6-17(22-16)18(21)19-15-11-20-8-7-14(15)10-20/h2-6,9,14-15H,7-8,10-11H2,1H3,(H,19,21)/t14-,15-/m0/s1. The van der Waals surface area contributed by atoms with Crippen molar-refractivity contribution in [3.05, 3.63) is 46.8 Å². The molecule has 3 atom stereocenters. The third-order valence-electron chi connectivity index (χ3n) is 4.78. The number of carbonyl (C=O) groups excluding carboxylic acids is 1. The smallest absolute Gasteiger partial charge is 0.261 e. The van der Waals surface area contributed by atoms with Crippen LogP contribution in [0.1, 0.15) is 21.7 Å². The van der Waals surface area contributed by atoms with E-state index in [9.17, 15) is 4.79 Å². The number of fused-ring (bicyclic) bond motifs is 2. The SMILES string of the molecule is Cc1cccc(-c2ccc(C(=O)N[C@H]3CN4CC[C@H]3C4)s2)c1. The number of thiophene rings is 1. The van der Waals surface area contributed by atoms with Crippen molar-refractivity contribution in [1.82, 2.24) is 10.2 Å². The second-order valence-electron chi connectivity index (χ2n) is 6.42. The van der Waals surface area contributed by atoms with E-state index in [1.165, 1.54) is 24.1 Å². The van der Waals surface area contributed by atoms with Crippen LogP contribution < -0.4 is 5.32 Å².